The van der Waals surface area contributed by atoms with Gasteiger partial charge >= 0.3 is 0 Å². The van der Waals surface area contributed by atoms with Crippen molar-refractivity contribution < 1.29 is 14.6 Å². The first kappa shape index (κ1) is 22.3. The summed E-state index contributed by atoms with van der Waals surface area (Å²) in [6.07, 6.45) is 1.55. The minimum atomic E-state index is -1.29. The standard InChI is InChI=1S/C24H22ClFN6O2/c25-15-9-14-16(26)7-12(8-18(14)31-22(15)29)1-4-24(11-27)10-19(20(33)21(24)34)32-6-3-13-17(28)2-5-30-23(13)32/h2-3,5-9,19-21,33-34H,1,4,10H2,(H2,28,30)(H2,29,31)/t19-,20+,21+,24+/m1/s1. The zero-order valence-electron chi connectivity index (χ0n) is 18.0. The number of aliphatic hydroxyl groups excluding tert-OH is 2. The topological polar surface area (TPSA) is 147 Å². The first-order valence-electron chi connectivity index (χ1n) is 10.8. The maximum Gasteiger partial charge on any atom is 0.142 e. The molecule has 6 N–H and O–H groups in total. The minimum absolute atomic E-state index is 0.101. The molecule has 1 aromatic carbocycles. The Kier molecular flexibility index (Phi) is 5.32. The molecular formula is C24H22ClFN6O2. The number of halogens is 2. The number of anilines is 2. The molecule has 0 aliphatic heterocycles. The monoisotopic (exact) mass is 480 g/mol. The van der Waals surface area contributed by atoms with Gasteiger partial charge in [0.1, 0.15) is 29.5 Å². The van der Waals surface area contributed by atoms with Crippen LogP contribution in [-0.4, -0.2) is 37.0 Å². The van der Waals surface area contributed by atoms with Crippen molar-refractivity contribution in [2.24, 2.45) is 5.41 Å². The fraction of sp³-hybridized carbons (Fsp3) is 0.292. The molecule has 174 valence electrons. The maximum absolute atomic E-state index is 14.7. The van der Waals surface area contributed by atoms with Gasteiger partial charge in [-0.3, -0.25) is 0 Å². The smallest absolute Gasteiger partial charge is 0.142 e. The van der Waals surface area contributed by atoms with Gasteiger partial charge in [0, 0.05) is 28.9 Å². The number of aliphatic hydroxyl groups is 2. The van der Waals surface area contributed by atoms with Crippen LogP contribution < -0.4 is 11.5 Å². The van der Waals surface area contributed by atoms with E-state index in [0.29, 0.717) is 28.8 Å². The molecule has 3 heterocycles. The number of hydrogen-bond donors (Lipinski definition) is 4. The fourth-order valence-electron chi connectivity index (χ4n) is 4.97. The van der Waals surface area contributed by atoms with E-state index >= 15 is 0 Å². The summed E-state index contributed by atoms with van der Waals surface area (Å²) in [6.45, 7) is 0. The Morgan fingerprint density at radius 1 is 1.24 bits per heavy atom. The number of pyridine rings is 2. The average Bonchev–Trinajstić information content (AvgIpc) is 3.35. The number of aromatic nitrogens is 3. The van der Waals surface area contributed by atoms with Crippen molar-refractivity contribution in [3.63, 3.8) is 0 Å². The van der Waals surface area contributed by atoms with E-state index in [1.165, 1.54) is 12.1 Å². The quantitative estimate of drug-likeness (QED) is 0.350. The summed E-state index contributed by atoms with van der Waals surface area (Å²) in [5.74, 6) is -0.398. The van der Waals surface area contributed by atoms with Crippen molar-refractivity contribution in [1.82, 2.24) is 14.5 Å². The lowest BCUT2D eigenvalue weighted by atomic mass is 9.79. The number of rotatable bonds is 4. The van der Waals surface area contributed by atoms with Crippen LogP contribution in [0.3, 0.4) is 0 Å². The molecule has 1 aliphatic rings. The van der Waals surface area contributed by atoms with Gasteiger partial charge in [0.05, 0.1) is 28.1 Å². The number of nitriles is 1. The predicted octanol–water partition coefficient (Wildman–Crippen LogP) is 3.35. The Bertz CT molecular complexity index is 1470. The Morgan fingerprint density at radius 2 is 2.03 bits per heavy atom. The Morgan fingerprint density at radius 3 is 2.79 bits per heavy atom. The van der Waals surface area contributed by atoms with E-state index in [1.807, 2.05) is 0 Å². The third kappa shape index (κ3) is 3.42. The second-order valence-corrected chi connectivity index (χ2v) is 9.24. The van der Waals surface area contributed by atoms with E-state index in [2.05, 4.69) is 16.0 Å². The third-order valence-electron chi connectivity index (χ3n) is 6.87. The van der Waals surface area contributed by atoms with Crippen LogP contribution in [0.15, 0.2) is 42.7 Å². The summed E-state index contributed by atoms with van der Waals surface area (Å²) in [4.78, 5) is 8.52. The van der Waals surface area contributed by atoms with Crippen LogP contribution in [0, 0.1) is 22.6 Å². The summed E-state index contributed by atoms with van der Waals surface area (Å²) < 4.78 is 16.4. The van der Waals surface area contributed by atoms with Gasteiger partial charge in [-0.05, 0) is 55.2 Å². The zero-order valence-corrected chi connectivity index (χ0v) is 18.7. The lowest BCUT2D eigenvalue weighted by molar-refractivity contribution is -0.0121. The average molecular weight is 481 g/mol. The van der Waals surface area contributed by atoms with Crippen molar-refractivity contribution in [3.8, 4) is 6.07 Å². The van der Waals surface area contributed by atoms with Crippen molar-refractivity contribution in [1.29, 1.82) is 5.26 Å². The highest BCUT2D eigenvalue weighted by Gasteiger charge is 2.53. The molecule has 1 fully saturated rings. The van der Waals surface area contributed by atoms with Gasteiger partial charge in [-0.2, -0.15) is 5.26 Å². The fourth-order valence-corrected chi connectivity index (χ4v) is 5.12. The van der Waals surface area contributed by atoms with E-state index < -0.39 is 29.5 Å². The number of nitrogens with two attached hydrogens (primary N) is 2. The van der Waals surface area contributed by atoms with Crippen LogP contribution >= 0.6 is 11.6 Å². The Labute approximate surface area is 199 Å². The number of nitrogen functional groups attached to an aromatic ring is 2. The summed E-state index contributed by atoms with van der Waals surface area (Å²) in [5, 5.41) is 33.0. The van der Waals surface area contributed by atoms with Gasteiger partial charge in [-0.1, -0.05) is 11.6 Å². The van der Waals surface area contributed by atoms with Crippen LogP contribution in [-0.2, 0) is 6.42 Å². The maximum atomic E-state index is 14.7. The number of benzene rings is 1. The van der Waals surface area contributed by atoms with Crippen molar-refractivity contribution in [2.75, 3.05) is 11.5 Å². The summed E-state index contributed by atoms with van der Waals surface area (Å²) in [7, 11) is 0. The van der Waals surface area contributed by atoms with Crippen LogP contribution in [0.5, 0.6) is 0 Å². The lowest BCUT2D eigenvalue weighted by Crippen LogP contribution is -2.36. The van der Waals surface area contributed by atoms with Crippen molar-refractivity contribution >= 4 is 45.0 Å². The number of aryl methyl sites for hydroxylation is 1. The molecule has 5 rings (SSSR count). The Balaban J connectivity index is 1.44. The molecule has 34 heavy (non-hydrogen) atoms. The van der Waals surface area contributed by atoms with E-state index in [1.54, 1.807) is 35.2 Å². The number of fused-ring (bicyclic) bond motifs is 2. The van der Waals surface area contributed by atoms with Crippen molar-refractivity contribution in [2.45, 2.75) is 37.5 Å². The van der Waals surface area contributed by atoms with Gasteiger partial charge in [-0.25, -0.2) is 14.4 Å². The van der Waals surface area contributed by atoms with Gasteiger partial charge in [0.15, 0.2) is 0 Å². The Hall–Kier alpha value is -3.45. The van der Waals surface area contributed by atoms with E-state index in [4.69, 9.17) is 23.1 Å². The number of hydrogen-bond acceptors (Lipinski definition) is 7. The summed E-state index contributed by atoms with van der Waals surface area (Å²) in [6, 6.07) is 9.63. The molecule has 3 aromatic heterocycles. The van der Waals surface area contributed by atoms with Crippen molar-refractivity contribution in [3.05, 3.63) is 59.1 Å². The summed E-state index contributed by atoms with van der Waals surface area (Å²) >= 11 is 5.96. The first-order chi connectivity index (χ1) is 16.2. The van der Waals surface area contributed by atoms with E-state index in [0.717, 1.165) is 5.39 Å². The van der Waals surface area contributed by atoms with E-state index in [9.17, 15) is 19.9 Å². The third-order valence-corrected chi connectivity index (χ3v) is 7.17. The van der Waals surface area contributed by atoms with Crippen LogP contribution in [0.25, 0.3) is 21.9 Å². The predicted molar refractivity (Wildman–Crippen MR) is 127 cm³/mol. The van der Waals surface area contributed by atoms with E-state index in [-0.39, 0.29) is 29.1 Å². The molecule has 4 aromatic rings. The van der Waals surface area contributed by atoms with Gasteiger partial charge < -0.3 is 26.2 Å². The SMILES string of the molecule is N#C[C@]1(CCc2cc(F)c3cc(Cl)c(N)nc3c2)C[C@@H](n2ccc3c(N)ccnc32)[C@H](O)[C@@H]1O. The summed E-state index contributed by atoms with van der Waals surface area (Å²) in [5.41, 5.74) is 12.6. The highest BCUT2D eigenvalue weighted by Crippen LogP contribution is 2.48. The molecule has 8 nitrogen and oxygen atoms in total. The molecule has 1 aliphatic carbocycles. The molecule has 0 saturated heterocycles. The molecule has 0 unspecified atom stereocenters. The largest absolute Gasteiger partial charge is 0.398 e. The molecule has 1 saturated carbocycles. The molecule has 0 bridgehead atoms. The minimum Gasteiger partial charge on any atom is -0.398 e. The zero-order chi connectivity index (χ0) is 24.2. The molecule has 10 heteroatoms. The number of nitrogens with zero attached hydrogens (tertiary/aromatic N) is 4. The normalized spacial score (nSPS) is 24.6. The van der Waals surface area contributed by atoms with Crippen LogP contribution in [0.2, 0.25) is 5.02 Å². The molecule has 0 spiro atoms. The molecule has 0 amide bonds. The molecular weight excluding hydrogens is 459 g/mol. The highest BCUT2D eigenvalue weighted by molar-refractivity contribution is 6.33. The van der Waals surface area contributed by atoms with Crippen LogP contribution in [0.4, 0.5) is 15.9 Å². The second kappa shape index (κ2) is 8.09. The highest BCUT2D eigenvalue weighted by atomic mass is 35.5. The molecule has 4 atom stereocenters. The first-order valence-corrected chi connectivity index (χ1v) is 11.1. The lowest BCUT2D eigenvalue weighted by Gasteiger charge is -2.25. The molecule has 0 radical (unpaired) electrons. The van der Waals surface area contributed by atoms with Gasteiger partial charge in [-0.15, -0.1) is 0 Å². The second-order valence-electron chi connectivity index (χ2n) is 8.84. The van der Waals surface area contributed by atoms with Gasteiger partial charge in [0.2, 0.25) is 0 Å². The van der Waals surface area contributed by atoms with Crippen LogP contribution in [0.1, 0.15) is 24.4 Å². The van der Waals surface area contributed by atoms with Gasteiger partial charge in [0.25, 0.3) is 0 Å².